The number of fused-ring (bicyclic) bond motifs is 1. The summed E-state index contributed by atoms with van der Waals surface area (Å²) >= 11 is 0. The van der Waals surface area contributed by atoms with Crippen LogP contribution in [0.4, 0.5) is 0 Å². The monoisotopic (exact) mass is 331 g/mol. The highest BCUT2D eigenvalue weighted by molar-refractivity contribution is 6.21. The first-order chi connectivity index (χ1) is 11.8. The van der Waals surface area contributed by atoms with Crippen LogP contribution in [0.5, 0.6) is 0 Å². The largest absolute Gasteiger partial charge is 0.381 e. The molecule has 4 heteroatoms. The van der Waals surface area contributed by atoms with Crippen molar-refractivity contribution in [1.29, 1.82) is 0 Å². The molecule has 132 valence electrons. The molecule has 0 aliphatic carbocycles. The number of carbonyl (C=O) groups excluding carboxylic acids is 2. The average Bonchev–Trinajstić information content (AvgIpc) is 2.84. The fourth-order valence-corrected chi connectivity index (χ4v) is 2.97. The van der Waals surface area contributed by atoms with Gasteiger partial charge in [0, 0.05) is 19.8 Å². The van der Waals surface area contributed by atoms with Crippen LogP contribution in [0.15, 0.2) is 24.3 Å². The minimum Gasteiger partial charge on any atom is -0.381 e. The predicted molar refractivity (Wildman–Crippen MR) is 95.2 cm³/mol. The number of benzene rings is 1. The van der Waals surface area contributed by atoms with Crippen LogP contribution < -0.4 is 0 Å². The van der Waals surface area contributed by atoms with Crippen molar-refractivity contribution in [3.8, 4) is 0 Å². The summed E-state index contributed by atoms with van der Waals surface area (Å²) in [7, 11) is 0. The number of ether oxygens (including phenoxy) is 1. The molecule has 4 nitrogen and oxygen atoms in total. The molecule has 1 aliphatic rings. The van der Waals surface area contributed by atoms with Gasteiger partial charge in [0.2, 0.25) is 0 Å². The quantitative estimate of drug-likeness (QED) is 0.420. The zero-order valence-corrected chi connectivity index (χ0v) is 14.8. The number of rotatable bonds is 12. The van der Waals surface area contributed by atoms with Gasteiger partial charge < -0.3 is 4.74 Å². The summed E-state index contributed by atoms with van der Waals surface area (Å²) in [5.41, 5.74) is 1.09. The summed E-state index contributed by atoms with van der Waals surface area (Å²) < 4.78 is 5.54. The Hall–Kier alpha value is -1.68. The predicted octanol–water partition coefficient (Wildman–Crippen LogP) is 4.44. The molecule has 0 atom stereocenters. The molecule has 0 spiro atoms. The Labute approximate surface area is 145 Å². The second kappa shape index (κ2) is 10.2. The standard InChI is InChI=1S/C20H29NO3/c1-2-3-15-24-16-11-7-5-4-6-10-14-21-19(22)17-12-8-9-13-18(17)20(21)23/h8-9,12-13H,2-7,10-11,14-16H2,1H3. The van der Waals surface area contributed by atoms with Crippen LogP contribution in [0.3, 0.4) is 0 Å². The maximum atomic E-state index is 12.2. The molecule has 0 saturated carbocycles. The van der Waals surface area contributed by atoms with Crippen molar-refractivity contribution in [2.24, 2.45) is 0 Å². The van der Waals surface area contributed by atoms with Gasteiger partial charge in [-0.05, 0) is 31.4 Å². The van der Waals surface area contributed by atoms with Crippen molar-refractivity contribution < 1.29 is 14.3 Å². The Kier molecular flexibility index (Phi) is 7.96. The van der Waals surface area contributed by atoms with Crippen LogP contribution in [-0.4, -0.2) is 36.5 Å². The highest BCUT2D eigenvalue weighted by atomic mass is 16.5. The summed E-state index contributed by atoms with van der Waals surface area (Å²) in [6, 6.07) is 7.08. The van der Waals surface area contributed by atoms with E-state index in [2.05, 4.69) is 6.92 Å². The van der Waals surface area contributed by atoms with E-state index in [0.29, 0.717) is 17.7 Å². The molecule has 0 fully saturated rings. The average molecular weight is 331 g/mol. The molecule has 0 aromatic heterocycles. The number of imide groups is 1. The van der Waals surface area contributed by atoms with E-state index in [1.54, 1.807) is 24.3 Å². The van der Waals surface area contributed by atoms with E-state index in [9.17, 15) is 9.59 Å². The normalized spacial score (nSPS) is 13.6. The van der Waals surface area contributed by atoms with Gasteiger partial charge in [0.1, 0.15) is 0 Å². The van der Waals surface area contributed by atoms with Gasteiger partial charge in [0.15, 0.2) is 0 Å². The van der Waals surface area contributed by atoms with E-state index in [1.807, 2.05) is 0 Å². The molecule has 0 N–H and O–H groups in total. The molecule has 1 aromatic rings. The fraction of sp³-hybridized carbons (Fsp3) is 0.600. The van der Waals surface area contributed by atoms with E-state index in [4.69, 9.17) is 4.74 Å². The van der Waals surface area contributed by atoms with E-state index in [-0.39, 0.29) is 11.8 Å². The third-order valence-electron chi connectivity index (χ3n) is 4.44. The summed E-state index contributed by atoms with van der Waals surface area (Å²) in [6.45, 7) is 4.46. The SMILES string of the molecule is CCCCOCCCCCCCCN1C(=O)c2ccccc2C1=O. The number of nitrogens with zero attached hydrogens (tertiary/aromatic N) is 1. The Morgan fingerprint density at radius 1 is 0.792 bits per heavy atom. The van der Waals surface area contributed by atoms with Crippen LogP contribution in [0.2, 0.25) is 0 Å². The smallest absolute Gasteiger partial charge is 0.261 e. The second-order valence-electron chi connectivity index (χ2n) is 6.39. The fourth-order valence-electron chi connectivity index (χ4n) is 2.97. The molecule has 0 bridgehead atoms. The third kappa shape index (κ3) is 5.17. The lowest BCUT2D eigenvalue weighted by Crippen LogP contribution is -2.30. The van der Waals surface area contributed by atoms with E-state index in [0.717, 1.165) is 45.3 Å². The zero-order valence-electron chi connectivity index (χ0n) is 14.8. The maximum absolute atomic E-state index is 12.2. The van der Waals surface area contributed by atoms with Gasteiger partial charge in [-0.2, -0.15) is 0 Å². The number of carbonyl (C=O) groups is 2. The minimum absolute atomic E-state index is 0.139. The molecule has 0 radical (unpaired) electrons. The first-order valence-corrected chi connectivity index (χ1v) is 9.28. The summed E-state index contributed by atoms with van der Waals surface area (Å²) in [4.78, 5) is 25.8. The van der Waals surface area contributed by atoms with Crippen molar-refractivity contribution in [1.82, 2.24) is 4.90 Å². The van der Waals surface area contributed by atoms with Gasteiger partial charge in [-0.25, -0.2) is 0 Å². The van der Waals surface area contributed by atoms with Gasteiger partial charge >= 0.3 is 0 Å². The number of hydrogen-bond acceptors (Lipinski definition) is 3. The van der Waals surface area contributed by atoms with Crippen LogP contribution in [-0.2, 0) is 4.74 Å². The van der Waals surface area contributed by atoms with Crippen molar-refractivity contribution in [2.75, 3.05) is 19.8 Å². The van der Waals surface area contributed by atoms with Crippen molar-refractivity contribution in [3.63, 3.8) is 0 Å². The molecule has 1 aliphatic heterocycles. The summed E-state index contributed by atoms with van der Waals surface area (Å²) in [5.74, 6) is -0.278. The summed E-state index contributed by atoms with van der Waals surface area (Å²) in [5, 5.41) is 0. The maximum Gasteiger partial charge on any atom is 0.261 e. The minimum atomic E-state index is -0.139. The molecule has 2 rings (SSSR count). The van der Waals surface area contributed by atoms with Crippen molar-refractivity contribution >= 4 is 11.8 Å². The third-order valence-corrected chi connectivity index (χ3v) is 4.44. The molecule has 1 heterocycles. The Bertz CT molecular complexity index is 506. The molecule has 24 heavy (non-hydrogen) atoms. The van der Waals surface area contributed by atoms with E-state index < -0.39 is 0 Å². The first-order valence-electron chi connectivity index (χ1n) is 9.28. The lowest BCUT2D eigenvalue weighted by atomic mass is 10.1. The molecule has 0 saturated heterocycles. The van der Waals surface area contributed by atoms with Gasteiger partial charge in [-0.3, -0.25) is 14.5 Å². The Morgan fingerprint density at radius 3 is 1.96 bits per heavy atom. The van der Waals surface area contributed by atoms with Gasteiger partial charge in [0.25, 0.3) is 11.8 Å². The first kappa shape index (κ1) is 18.7. The Morgan fingerprint density at radius 2 is 1.33 bits per heavy atom. The number of amides is 2. The molecule has 0 unspecified atom stereocenters. The lowest BCUT2D eigenvalue weighted by Gasteiger charge is -2.13. The molecule has 1 aromatic carbocycles. The molecular weight excluding hydrogens is 302 g/mol. The van der Waals surface area contributed by atoms with Crippen molar-refractivity contribution in [2.45, 2.75) is 58.3 Å². The highest BCUT2D eigenvalue weighted by Gasteiger charge is 2.34. The van der Waals surface area contributed by atoms with Crippen LogP contribution in [0.1, 0.15) is 79.0 Å². The van der Waals surface area contributed by atoms with Crippen LogP contribution in [0.25, 0.3) is 0 Å². The second-order valence-corrected chi connectivity index (χ2v) is 6.39. The lowest BCUT2D eigenvalue weighted by molar-refractivity contribution is 0.0651. The zero-order chi connectivity index (χ0) is 17.2. The molecular formula is C20H29NO3. The van der Waals surface area contributed by atoms with Crippen molar-refractivity contribution in [3.05, 3.63) is 35.4 Å². The van der Waals surface area contributed by atoms with E-state index in [1.165, 1.54) is 24.2 Å². The van der Waals surface area contributed by atoms with Gasteiger partial charge in [-0.15, -0.1) is 0 Å². The molecule has 2 amide bonds. The topological polar surface area (TPSA) is 46.6 Å². The van der Waals surface area contributed by atoms with Gasteiger partial charge in [0.05, 0.1) is 11.1 Å². The van der Waals surface area contributed by atoms with Crippen LogP contribution in [0, 0.1) is 0 Å². The van der Waals surface area contributed by atoms with Crippen LogP contribution >= 0.6 is 0 Å². The van der Waals surface area contributed by atoms with E-state index >= 15 is 0 Å². The number of hydrogen-bond donors (Lipinski definition) is 0. The Balaban J connectivity index is 1.53. The summed E-state index contributed by atoms with van der Waals surface area (Å²) in [6.07, 6.45) is 8.95. The number of unbranched alkanes of at least 4 members (excludes halogenated alkanes) is 6. The van der Waals surface area contributed by atoms with Gasteiger partial charge in [-0.1, -0.05) is 51.2 Å². The highest BCUT2D eigenvalue weighted by Crippen LogP contribution is 2.22.